The molecule has 34 heavy (non-hydrogen) atoms. The topological polar surface area (TPSA) is 87.7 Å². The van der Waals surface area contributed by atoms with E-state index < -0.39 is 0 Å². The summed E-state index contributed by atoms with van der Waals surface area (Å²) >= 11 is 0. The van der Waals surface area contributed by atoms with Gasteiger partial charge < -0.3 is 20.3 Å². The van der Waals surface area contributed by atoms with E-state index >= 15 is 0 Å². The Morgan fingerprint density at radius 2 is 1.65 bits per heavy atom. The maximum atomic E-state index is 13.1. The highest BCUT2D eigenvalue weighted by atomic mass is 16.5. The molecule has 1 saturated carbocycles. The van der Waals surface area contributed by atoms with Crippen LogP contribution in [-0.2, 0) is 9.59 Å². The van der Waals surface area contributed by atoms with Crippen LogP contribution in [0.3, 0.4) is 0 Å². The van der Waals surface area contributed by atoms with E-state index in [4.69, 9.17) is 4.74 Å². The second-order valence-electron chi connectivity index (χ2n) is 9.70. The predicted octanol–water partition coefficient (Wildman–Crippen LogP) is 4.06. The van der Waals surface area contributed by atoms with Crippen LogP contribution in [0.4, 0.5) is 0 Å². The molecule has 1 aromatic carbocycles. The lowest BCUT2D eigenvalue weighted by Gasteiger charge is -2.32. The molecule has 1 aromatic rings. The minimum absolute atomic E-state index is 0.0121. The van der Waals surface area contributed by atoms with E-state index in [1.165, 1.54) is 0 Å². The zero-order chi connectivity index (χ0) is 24.5. The number of ether oxygens (including phenoxy) is 1. The predicted molar refractivity (Wildman–Crippen MR) is 133 cm³/mol. The summed E-state index contributed by atoms with van der Waals surface area (Å²) in [6.45, 7) is 4.89. The van der Waals surface area contributed by atoms with Crippen LogP contribution in [0, 0.1) is 5.92 Å². The van der Waals surface area contributed by atoms with Gasteiger partial charge in [-0.2, -0.15) is 0 Å². The molecule has 7 heteroatoms. The molecule has 0 spiro atoms. The number of rotatable bonds is 10. The third-order valence-electron chi connectivity index (χ3n) is 7.35. The average Bonchev–Trinajstić information content (AvgIpc) is 3.36. The van der Waals surface area contributed by atoms with Crippen LogP contribution >= 0.6 is 0 Å². The molecule has 1 heterocycles. The standard InChI is InChI=1S/C27H41N3O4/c1-4-6-8-19(5-2)27(33)30-18-7-9-24(30)26(32)29-22-14-12-21(13-15-22)28-25(31)20-10-16-23(34-3)17-11-20/h10-11,16-17,19,21-22,24H,4-9,12-15,18H2,1-3H3,(H,28,31)(H,29,32)/t19-,21?,22?,24+/m1/s1. The molecule has 2 aliphatic rings. The molecule has 3 rings (SSSR count). The van der Waals surface area contributed by atoms with Crippen molar-refractivity contribution in [1.82, 2.24) is 15.5 Å². The van der Waals surface area contributed by atoms with Gasteiger partial charge in [0.05, 0.1) is 7.11 Å². The van der Waals surface area contributed by atoms with Crippen molar-refractivity contribution in [2.45, 2.75) is 96.2 Å². The molecule has 7 nitrogen and oxygen atoms in total. The third kappa shape index (κ3) is 6.73. The number of nitrogens with zero attached hydrogens (tertiary/aromatic N) is 1. The normalized spacial score (nSPS) is 23.3. The molecular formula is C27H41N3O4. The van der Waals surface area contributed by atoms with E-state index in [0.29, 0.717) is 12.1 Å². The van der Waals surface area contributed by atoms with Gasteiger partial charge in [-0.25, -0.2) is 0 Å². The highest BCUT2D eigenvalue weighted by Crippen LogP contribution is 2.25. The first kappa shape index (κ1) is 26.0. The Bertz CT molecular complexity index is 818. The lowest BCUT2D eigenvalue weighted by atomic mass is 9.90. The van der Waals surface area contributed by atoms with Crippen LogP contribution in [-0.4, -0.2) is 54.4 Å². The van der Waals surface area contributed by atoms with Gasteiger partial charge in [0.25, 0.3) is 5.91 Å². The summed E-state index contributed by atoms with van der Waals surface area (Å²) in [4.78, 5) is 40.5. The fraction of sp³-hybridized carbons (Fsp3) is 0.667. The second-order valence-corrected chi connectivity index (χ2v) is 9.70. The Hall–Kier alpha value is -2.57. The van der Waals surface area contributed by atoms with Crippen molar-refractivity contribution in [2.75, 3.05) is 13.7 Å². The lowest BCUT2D eigenvalue weighted by molar-refractivity contribution is -0.142. The van der Waals surface area contributed by atoms with E-state index in [2.05, 4.69) is 24.5 Å². The minimum atomic E-state index is -0.337. The summed E-state index contributed by atoms with van der Waals surface area (Å²) < 4.78 is 5.14. The Balaban J connectivity index is 1.46. The number of methoxy groups -OCH3 is 1. The Labute approximate surface area is 204 Å². The van der Waals surface area contributed by atoms with Gasteiger partial charge in [0.2, 0.25) is 11.8 Å². The van der Waals surface area contributed by atoms with Crippen molar-refractivity contribution < 1.29 is 19.1 Å². The van der Waals surface area contributed by atoms with Crippen LogP contribution in [0.1, 0.15) is 88.4 Å². The van der Waals surface area contributed by atoms with Crippen LogP contribution in [0.2, 0.25) is 0 Å². The van der Waals surface area contributed by atoms with Crippen LogP contribution < -0.4 is 15.4 Å². The van der Waals surface area contributed by atoms with Crippen LogP contribution in [0.5, 0.6) is 5.75 Å². The molecule has 188 valence electrons. The summed E-state index contributed by atoms with van der Waals surface area (Å²) in [5, 5.41) is 6.32. The number of benzene rings is 1. The van der Waals surface area contributed by atoms with Gasteiger partial charge in [-0.1, -0.05) is 26.7 Å². The summed E-state index contributed by atoms with van der Waals surface area (Å²) in [6.07, 6.45) is 8.81. The zero-order valence-corrected chi connectivity index (χ0v) is 21.0. The van der Waals surface area contributed by atoms with Gasteiger partial charge in [0, 0.05) is 30.1 Å². The van der Waals surface area contributed by atoms with Gasteiger partial charge in [-0.05, 0) is 75.6 Å². The first-order chi connectivity index (χ1) is 16.5. The first-order valence-electron chi connectivity index (χ1n) is 13.0. The van der Waals surface area contributed by atoms with Crippen molar-refractivity contribution >= 4 is 17.7 Å². The minimum Gasteiger partial charge on any atom is -0.497 e. The number of unbranched alkanes of at least 4 members (excludes halogenated alkanes) is 1. The maximum Gasteiger partial charge on any atom is 0.251 e. The van der Waals surface area contributed by atoms with Crippen molar-refractivity contribution in [1.29, 1.82) is 0 Å². The van der Waals surface area contributed by atoms with Gasteiger partial charge in [0.15, 0.2) is 0 Å². The first-order valence-corrected chi connectivity index (χ1v) is 13.0. The molecule has 0 bridgehead atoms. The van der Waals surface area contributed by atoms with Crippen molar-refractivity contribution in [3.63, 3.8) is 0 Å². The zero-order valence-electron chi connectivity index (χ0n) is 21.0. The summed E-state index contributed by atoms with van der Waals surface area (Å²) in [6, 6.07) is 6.96. The maximum absolute atomic E-state index is 13.1. The number of nitrogens with one attached hydrogen (secondary N) is 2. The highest BCUT2D eigenvalue weighted by molar-refractivity contribution is 5.94. The Morgan fingerprint density at radius 3 is 2.24 bits per heavy atom. The SMILES string of the molecule is CCCC[C@@H](CC)C(=O)N1CCC[C@H]1C(=O)NC1CCC(NC(=O)c2ccc(OC)cc2)CC1. The highest BCUT2D eigenvalue weighted by Gasteiger charge is 2.37. The number of likely N-dealkylation sites (tertiary alicyclic amines) is 1. The number of hydrogen-bond acceptors (Lipinski definition) is 4. The van der Waals surface area contributed by atoms with E-state index in [9.17, 15) is 14.4 Å². The molecule has 1 aliphatic heterocycles. The van der Waals surface area contributed by atoms with Crippen molar-refractivity contribution in [3.05, 3.63) is 29.8 Å². The van der Waals surface area contributed by atoms with E-state index in [1.807, 2.05) is 4.90 Å². The molecule has 2 atom stereocenters. The molecule has 0 aromatic heterocycles. The average molecular weight is 472 g/mol. The quantitative estimate of drug-likeness (QED) is 0.539. The molecule has 0 unspecified atom stereocenters. The molecule has 1 aliphatic carbocycles. The van der Waals surface area contributed by atoms with Crippen LogP contribution in [0.25, 0.3) is 0 Å². The smallest absolute Gasteiger partial charge is 0.251 e. The second kappa shape index (κ2) is 12.8. The van der Waals surface area contributed by atoms with E-state index in [0.717, 1.165) is 70.0 Å². The number of carbonyl (C=O) groups excluding carboxylic acids is 3. The third-order valence-corrected chi connectivity index (χ3v) is 7.35. The molecule has 2 fully saturated rings. The van der Waals surface area contributed by atoms with Gasteiger partial charge >= 0.3 is 0 Å². The number of carbonyl (C=O) groups is 3. The van der Waals surface area contributed by atoms with E-state index in [1.54, 1.807) is 31.4 Å². The summed E-state index contributed by atoms with van der Waals surface area (Å²) in [7, 11) is 1.60. The monoisotopic (exact) mass is 471 g/mol. The summed E-state index contributed by atoms with van der Waals surface area (Å²) in [5.41, 5.74) is 0.617. The van der Waals surface area contributed by atoms with Crippen LogP contribution in [0.15, 0.2) is 24.3 Å². The van der Waals surface area contributed by atoms with Gasteiger partial charge in [-0.3, -0.25) is 14.4 Å². The Morgan fingerprint density at radius 1 is 1.00 bits per heavy atom. The fourth-order valence-corrected chi connectivity index (χ4v) is 5.18. The molecule has 0 radical (unpaired) electrons. The lowest BCUT2D eigenvalue weighted by Crippen LogP contribution is -2.51. The molecule has 2 N–H and O–H groups in total. The van der Waals surface area contributed by atoms with Crippen molar-refractivity contribution in [2.24, 2.45) is 5.92 Å². The summed E-state index contributed by atoms with van der Waals surface area (Å²) in [5.74, 6) is 0.809. The molecular weight excluding hydrogens is 430 g/mol. The number of hydrogen-bond donors (Lipinski definition) is 2. The van der Waals surface area contributed by atoms with Gasteiger partial charge in [-0.15, -0.1) is 0 Å². The fourth-order valence-electron chi connectivity index (χ4n) is 5.18. The molecule has 1 saturated heterocycles. The number of amides is 3. The van der Waals surface area contributed by atoms with Gasteiger partial charge in [0.1, 0.15) is 11.8 Å². The Kier molecular flexibility index (Phi) is 9.78. The largest absolute Gasteiger partial charge is 0.497 e. The van der Waals surface area contributed by atoms with E-state index in [-0.39, 0.29) is 41.8 Å². The van der Waals surface area contributed by atoms with Crippen molar-refractivity contribution in [3.8, 4) is 5.75 Å². The molecule has 3 amide bonds.